The molecule has 2 saturated heterocycles. The zero-order valence-electron chi connectivity index (χ0n) is 16.7. The molecule has 2 aliphatic heterocycles. The van der Waals surface area contributed by atoms with Crippen LogP contribution in [0.4, 0.5) is 0 Å². The van der Waals surface area contributed by atoms with E-state index in [1.54, 1.807) is 0 Å². The minimum absolute atomic E-state index is 0.262. The van der Waals surface area contributed by atoms with Gasteiger partial charge in [-0.2, -0.15) is 0 Å². The number of hydrogen-bond donors (Lipinski definition) is 1. The van der Waals surface area contributed by atoms with Gasteiger partial charge in [0.15, 0.2) is 0 Å². The topological polar surface area (TPSA) is 46.9 Å². The van der Waals surface area contributed by atoms with Gasteiger partial charge >= 0.3 is 0 Å². The first-order chi connectivity index (χ1) is 13.7. The molecule has 0 radical (unpaired) electrons. The highest BCUT2D eigenvalue weighted by atomic mass is 16.5. The number of β-amino-alcohol motifs (C(OH)–C–C–N with tert-alkyl or cyclic N) is 1. The zero-order chi connectivity index (χ0) is 19.0. The monoisotopic (exact) mass is 384 g/mol. The molecule has 1 saturated carbocycles. The maximum atomic E-state index is 10.8. The molecule has 0 amide bonds. The summed E-state index contributed by atoms with van der Waals surface area (Å²) in [5.74, 6) is 1.89. The van der Waals surface area contributed by atoms with E-state index in [-0.39, 0.29) is 6.10 Å². The smallest absolute Gasteiger partial charge is 0.129 e. The number of nitrogens with zero attached hydrogens (tertiary/aromatic N) is 2. The third-order valence-electron chi connectivity index (χ3n) is 6.70. The van der Waals surface area contributed by atoms with Gasteiger partial charge in [-0.1, -0.05) is 6.07 Å². The van der Waals surface area contributed by atoms with Crippen LogP contribution < -0.4 is 4.74 Å². The average molecular weight is 385 g/mol. The minimum Gasteiger partial charge on any atom is -0.490 e. The molecule has 3 aliphatic rings. The summed E-state index contributed by atoms with van der Waals surface area (Å²) < 4.78 is 14.2. The highest BCUT2D eigenvalue weighted by molar-refractivity contribution is 5.86. The van der Waals surface area contributed by atoms with Crippen LogP contribution in [-0.4, -0.2) is 59.1 Å². The SMILES string of the molecule is OC1(CN2CCC(Oc3cccc4c3ccn4CC3CC3)CC2)CCOCC1. The van der Waals surface area contributed by atoms with Crippen LogP contribution in [0.25, 0.3) is 10.9 Å². The van der Waals surface area contributed by atoms with E-state index in [2.05, 4.69) is 39.9 Å². The predicted molar refractivity (Wildman–Crippen MR) is 110 cm³/mol. The Morgan fingerprint density at radius 3 is 2.61 bits per heavy atom. The summed E-state index contributed by atoms with van der Waals surface area (Å²) in [7, 11) is 0. The van der Waals surface area contributed by atoms with Crippen LogP contribution in [0.2, 0.25) is 0 Å². The molecule has 5 rings (SSSR count). The molecule has 2 aromatic rings. The number of piperidine rings is 1. The summed E-state index contributed by atoms with van der Waals surface area (Å²) >= 11 is 0. The fraction of sp³-hybridized carbons (Fsp3) is 0.652. The third kappa shape index (κ3) is 4.07. The number of benzene rings is 1. The van der Waals surface area contributed by atoms with Crippen LogP contribution in [0, 0.1) is 5.92 Å². The largest absolute Gasteiger partial charge is 0.490 e. The van der Waals surface area contributed by atoms with Crippen molar-refractivity contribution in [3.05, 3.63) is 30.5 Å². The van der Waals surface area contributed by atoms with Gasteiger partial charge < -0.3 is 24.0 Å². The van der Waals surface area contributed by atoms with E-state index in [0.29, 0.717) is 13.2 Å². The minimum atomic E-state index is -0.567. The van der Waals surface area contributed by atoms with Crippen LogP contribution >= 0.6 is 0 Å². The Bertz CT molecular complexity index is 799. The second kappa shape index (κ2) is 7.69. The van der Waals surface area contributed by atoms with Crippen molar-refractivity contribution < 1.29 is 14.6 Å². The number of fused-ring (bicyclic) bond motifs is 1. The van der Waals surface area contributed by atoms with Crippen molar-refractivity contribution in [3.8, 4) is 5.75 Å². The lowest BCUT2D eigenvalue weighted by Crippen LogP contribution is -2.50. The second-order valence-electron chi connectivity index (χ2n) is 9.03. The molecular weight excluding hydrogens is 352 g/mol. The Morgan fingerprint density at radius 1 is 1.07 bits per heavy atom. The van der Waals surface area contributed by atoms with E-state index in [1.165, 1.54) is 23.7 Å². The molecule has 0 unspecified atom stereocenters. The molecule has 1 aromatic carbocycles. The van der Waals surface area contributed by atoms with Gasteiger partial charge in [-0.05, 0) is 49.8 Å². The van der Waals surface area contributed by atoms with Crippen LogP contribution in [0.15, 0.2) is 30.5 Å². The second-order valence-corrected chi connectivity index (χ2v) is 9.03. The van der Waals surface area contributed by atoms with E-state index in [9.17, 15) is 5.11 Å². The molecule has 1 aliphatic carbocycles. The number of rotatable bonds is 6. The quantitative estimate of drug-likeness (QED) is 0.829. The normalized spacial score (nSPS) is 23.9. The van der Waals surface area contributed by atoms with Gasteiger partial charge in [0, 0.05) is 63.8 Å². The molecule has 5 nitrogen and oxygen atoms in total. The van der Waals surface area contributed by atoms with E-state index in [1.807, 2.05) is 0 Å². The summed E-state index contributed by atoms with van der Waals surface area (Å²) in [6.07, 6.45) is 8.77. The lowest BCUT2D eigenvalue weighted by molar-refractivity contribution is -0.0844. The number of hydrogen-bond acceptors (Lipinski definition) is 4. The van der Waals surface area contributed by atoms with Gasteiger partial charge in [-0.3, -0.25) is 0 Å². The predicted octanol–water partition coefficient (Wildman–Crippen LogP) is 3.44. The van der Waals surface area contributed by atoms with E-state index in [4.69, 9.17) is 9.47 Å². The summed E-state index contributed by atoms with van der Waals surface area (Å²) in [5, 5.41) is 12.0. The Hall–Kier alpha value is -1.56. The first kappa shape index (κ1) is 18.5. The van der Waals surface area contributed by atoms with E-state index in [0.717, 1.165) is 63.5 Å². The number of aromatic nitrogens is 1. The van der Waals surface area contributed by atoms with Crippen molar-refractivity contribution in [1.82, 2.24) is 9.47 Å². The van der Waals surface area contributed by atoms with E-state index >= 15 is 0 Å². The first-order valence-electron chi connectivity index (χ1n) is 11.0. The molecule has 3 heterocycles. The Kier molecular flexibility index (Phi) is 5.07. The highest BCUT2D eigenvalue weighted by Crippen LogP contribution is 2.34. The van der Waals surface area contributed by atoms with Crippen LogP contribution in [0.3, 0.4) is 0 Å². The Morgan fingerprint density at radius 2 is 1.86 bits per heavy atom. The van der Waals surface area contributed by atoms with Crippen molar-refractivity contribution in [2.24, 2.45) is 5.92 Å². The lowest BCUT2D eigenvalue weighted by atomic mass is 9.92. The molecule has 0 spiro atoms. The third-order valence-corrected chi connectivity index (χ3v) is 6.70. The molecule has 1 aromatic heterocycles. The van der Waals surface area contributed by atoms with Crippen molar-refractivity contribution in [1.29, 1.82) is 0 Å². The van der Waals surface area contributed by atoms with Crippen molar-refractivity contribution >= 4 is 10.9 Å². The van der Waals surface area contributed by atoms with Crippen molar-refractivity contribution in [3.63, 3.8) is 0 Å². The number of aliphatic hydroxyl groups is 1. The van der Waals surface area contributed by atoms with Gasteiger partial charge in [-0.25, -0.2) is 0 Å². The molecule has 0 atom stereocenters. The fourth-order valence-corrected chi connectivity index (χ4v) is 4.73. The highest BCUT2D eigenvalue weighted by Gasteiger charge is 2.33. The van der Waals surface area contributed by atoms with Crippen molar-refractivity contribution in [2.75, 3.05) is 32.8 Å². The Balaban J connectivity index is 1.19. The molecule has 1 N–H and O–H groups in total. The molecule has 28 heavy (non-hydrogen) atoms. The van der Waals surface area contributed by atoms with Gasteiger partial charge in [0.25, 0.3) is 0 Å². The molecule has 152 valence electrons. The average Bonchev–Trinajstić information content (AvgIpc) is 3.42. The summed E-state index contributed by atoms with van der Waals surface area (Å²) in [5.41, 5.74) is 0.728. The van der Waals surface area contributed by atoms with Gasteiger partial charge in [0.1, 0.15) is 11.9 Å². The lowest BCUT2D eigenvalue weighted by Gasteiger charge is -2.39. The molecular formula is C23H32N2O3. The van der Waals surface area contributed by atoms with E-state index < -0.39 is 5.60 Å². The first-order valence-corrected chi connectivity index (χ1v) is 11.0. The molecule has 3 fully saturated rings. The van der Waals surface area contributed by atoms with Gasteiger partial charge in [0.2, 0.25) is 0 Å². The standard InChI is InChI=1S/C23H32N2O3/c26-23(9-14-27-15-10-23)17-24-11-6-19(7-12-24)28-22-3-1-2-21-20(22)8-13-25(21)16-18-4-5-18/h1-3,8,13,18-19,26H,4-7,9-12,14-17H2. The summed E-state index contributed by atoms with van der Waals surface area (Å²) in [6, 6.07) is 8.66. The van der Waals surface area contributed by atoms with Crippen LogP contribution in [0.1, 0.15) is 38.5 Å². The summed E-state index contributed by atoms with van der Waals surface area (Å²) in [6.45, 7) is 5.25. The maximum absolute atomic E-state index is 10.8. The molecule has 0 bridgehead atoms. The maximum Gasteiger partial charge on any atom is 0.129 e. The number of likely N-dealkylation sites (tertiary alicyclic amines) is 1. The van der Waals surface area contributed by atoms with Gasteiger partial charge in [-0.15, -0.1) is 0 Å². The number of ether oxygens (including phenoxy) is 2. The summed E-state index contributed by atoms with van der Waals surface area (Å²) in [4.78, 5) is 2.40. The van der Waals surface area contributed by atoms with Gasteiger partial charge in [0.05, 0.1) is 11.1 Å². The molecule has 5 heteroatoms. The Labute approximate surface area is 167 Å². The zero-order valence-corrected chi connectivity index (χ0v) is 16.7. The van der Waals surface area contributed by atoms with Crippen LogP contribution in [0.5, 0.6) is 5.75 Å². The van der Waals surface area contributed by atoms with Crippen molar-refractivity contribution in [2.45, 2.75) is 56.8 Å². The van der Waals surface area contributed by atoms with Crippen LogP contribution in [-0.2, 0) is 11.3 Å². The fourth-order valence-electron chi connectivity index (χ4n) is 4.73.